The summed E-state index contributed by atoms with van der Waals surface area (Å²) in [5.41, 5.74) is -0.218. The molecule has 0 aromatic rings. The lowest BCUT2D eigenvalue weighted by Gasteiger charge is -2.30. The third-order valence-electron chi connectivity index (χ3n) is 2.89. The van der Waals surface area contributed by atoms with Crippen molar-refractivity contribution in [3.05, 3.63) is 0 Å². The van der Waals surface area contributed by atoms with Gasteiger partial charge in [0.25, 0.3) is 0 Å². The molecule has 1 fully saturated rings. The molecule has 0 aromatic carbocycles. The SMILES string of the molecule is COC(=O)C1CCC(C)(C#N)CC1. The van der Waals surface area contributed by atoms with Crippen LogP contribution in [-0.2, 0) is 9.53 Å². The molecule has 0 N–H and O–H groups in total. The van der Waals surface area contributed by atoms with Crippen LogP contribution in [0.1, 0.15) is 32.6 Å². The zero-order valence-corrected chi connectivity index (χ0v) is 8.17. The molecule has 0 amide bonds. The zero-order chi connectivity index (χ0) is 9.90. The normalized spacial score (nSPS) is 33.5. The summed E-state index contributed by atoms with van der Waals surface area (Å²) >= 11 is 0. The Kier molecular flexibility index (Phi) is 2.92. The van der Waals surface area contributed by atoms with E-state index in [-0.39, 0.29) is 17.3 Å². The third-order valence-corrected chi connectivity index (χ3v) is 2.89. The number of ether oxygens (including phenoxy) is 1. The monoisotopic (exact) mass is 181 g/mol. The van der Waals surface area contributed by atoms with Crippen LogP contribution in [0.4, 0.5) is 0 Å². The van der Waals surface area contributed by atoms with Gasteiger partial charge in [-0.2, -0.15) is 5.26 Å². The topological polar surface area (TPSA) is 50.1 Å². The van der Waals surface area contributed by atoms with Gasteiger partial charge in [0, 0.05) is 0 Å². The van der Waals surface area contributed by atoms with Gasteiger partial charge in [-0.15, -0.1) is 0 Å². The van der Waals surface area contributed by atoms with Crippen molar-refractivity contribution in [3.8, 4) is 6.07 Å². The molecule has 3 heteroatoms. The van der Waals surface area contributed by atoms with Gasteiger partial charge in [-0.3, -0.25) is 4.79 Å². The van der Waals surface area contributed by atoms with Crippen molar-refractivity contribution in [2.75, 3.05) is 7.11 Å². The second-order valence-corrected chi connectivity index (χ2v) is 3.97. The lowest BCUT2D eigenvalue weighted by atomic mass is 9.73. The highest BCUT2D eigenvalue weighted by Crippen LogP contribution is 2.38. The lowest BCUT2D eigenvalue weighted by Crippen LogP contribution is -2.27. The minimum atomic E-state index is -0.218. The molecule has 1 aliphatic carbocycles. The Bertz CT molecular complexity index is 234. The summed E-state index contributed by atoms with van der Waals surface area (Å²) in [6, 6.07) is 2.31. The van der Waals surface area contributed by atoms with E-state index in [2.05, 4.69) is 10.8 Å². The van der Waals surface area contributed by atoms with Gasteiger partial charge < -0.3 is 4.74 Å². The first-order valence-electron chi connectivity index (χ1n) is 4.60. The Morgan fingerprint density at radius 2 is 2.08 bits per heavy atom. The van der Waals surface area contributed by atoms with Crippen molar-refractivity contribution in [3.63, 3.8) is 0 Å². The zero-order valence-electron chi connectivity index (χ0n) is 8.17. The number of methoxy groups -OCH3 is 1. The van der Waals surface area contributed by atoms with Crippen molar-refractivity contribution in [1.29, 1.82) is 5.26 Å². The fourth-order valence-electron chi connectivity index (χ4n) is 1.77. The lowest BCUT2D eigenvalue weighted by molar-refractivity contribution is -0.147. The van der Waals surface area contributed by atoms with Crippen LogP contribution in [0.3, 0.4) is 0 Å². The number of nitriles is 1. The molecular formula is C10H15NO2. The molecule has 0 saturated heterocycles. The number of esters is 1. The van der Waals surface area contributed by atoms with Crippen LogP contribution in [0.2, 0.25) is 0 Å². The molecule has 0 spiro atoms. The van der Waals surface area contributed by atoms with Gasteiger partial charge in [0.15, 0.2) is 0 Å². The summed E-state index contributed by atoms with van der Waals surface area (Å²) in [6.45, 7) is 1.96. The number of carbonyl (C=O) groups excluding carboxylic acids is 1. The van der Waals surface area contributed by atoms with E-state index < -0.39 is 0 Å². The Hall–Kier alpha value is -1.04. The van der Waals surface area contributed by atoms with Crippen LogP contribution >= 0.6 is 0 Å². The van der Waals surface area contributed by atoms with E-state index in [4.69, 9.17) is 5.26 Å². The Balaban J connectivity index is 2.49. The second-order valence-electron chi connectivity index (χ2n) is 3.97. The van der Waals surface area contributed by atoms with Crippen LogP contribution in [0.5, 0.6) is 0 Å². The van der Waals surface area contributed by atoms with Crippen molar-refractivity contribution in [2.24, 2.45) is 11.3 Å². The van der Waals surface area contributed by atoms with E-state index in [0.717, 1.165) is 25.7 Å². The van der Waals surface area contributed by atoms with Gasteiger partial charge >= 0.3 is 5.97 Å². The van der Waals surface area contributed by atoms with Crippen LogP contribution < -0.4 is 0 Å². The smallest absolute Gasteiger partial charge is 0.308 e. The number of nitrogens with zero attached hydrogens (tertiary/aromatic N) is 1. The van der Waals surface area contributed by atoms with Gasteiger partial charge in [0.05, 0.1) is 24.5 Å². The molecule has 0 bridgehead atoms. The molecular weight excluding hydrogens is 166 g/mol. The quantitative estimate of drug-likeness (QED) is 0.580. The first-order chi connectivity index (χ1) is 6.11. The Morgan fingerprint density at radius 1 is 1.54 bits per heavy atom. The molecule has 72 valence electrons. The van der Waals surface area contributed by atoms with Crippen molar-refractivity contribution < 1.29 is 9.53 Å². The third kappa shape index (κ3) is 2.21. The van der Waals surface area contributed by atoms with Gasteiger partial charge in [0.1, 0.15) is 0 Å². The number of rotatable bonds is 1. The van der Waals surface area contributed by atoms with E-state index in [9.17, 15) is 4.79 Å². The molecule has 0 aromatic heterocycles. The molecule has 1 aliphatic rings. The summed E-state index contributed by atoms with van der Waals surface area (Å²) in [5.74, 6) is -0.105. The number of hydrogen-bond acceptors (Lipinski definition) is 3. The number of carbonyl (C=O) groups is 1. The maximum atomic E-state index is 11.2. The first-order valence-corrected chi connectivity index (χ1v) is 4.60. The first kappa shape index (κ1) is 10.0. The fraction of sp³-hybridized carbons (Fsp3) is 0.800. The average molecular weight is 181 g/mol. The highest BCUT2D eigenvalue weighted by atomic mass is 16.5. The predicted molar refractivity (Wildman–Crippen MR) is 47.7 cm³/mol. The van der Waals surface area contributed by atoms with Gasteiger partial charge in [-0.05, 0) is 32.6 Å². The molecule has 0 radical (unpaired) electrons. The van der Waals surface area contributed by atoms with Crippen LogP contribution in [0, 0.1) is 22.7 Å². The summed E-state index contributed by atoms with van der Waals surface area (Å²) in [5, 5.41) is 8.87. The summed E-state index contributed by atoms with van der Waals surface area (Å²) in [4.78, 5) is 11.2. The molecule has 0 heterocycles. The Labute approximate surface area is 78.7 Å². The summed E-state index contributed by atoms with van der Waals surface area (Å²) < 4.78 is 4.67. The number of hydrogen-bond donors (Lipinski definition) is 0. The maximum Gasteiger partial charge on any atom is 0.308 e. The van der Waals surface area contributed by atoms with E-state index in [0.29, 0.717) is 0 Å². The van der Waals surface area contributed by atoms with Gasteiger partial charge in [-0.1, -0.05) is 0 Å². The molecule has 0 unspecified atom stereocenters. The Morgan fingerprint density at radius 3 is 2.46 bits per heavy atom. The van der Waals surface area contributed by atoms with E-state index >= 15 is 0 Å². The minimum absolute atomic E-state index is 0.0198. The molecule has 0 atom stereocenters. The molecule has 3 nitrogen and oxygen atoms in total. The van der Waals surface area contributed by atoms with Crippen molar-refractivity contribution >= 4 is 5.97 Å². The van der Waals surface area contributed by atoms with Crippen LogP contribution in [-0.4, -0.2) is 13.1 Å². The molecule has 1 rings (SSSR count). The van der Waals surface area contributed by atoms with Crippen molar-refractivity contribution in [1.82, 2.24) is 0 Å². The largest absolute Gasteiger partial charge is 0.469 e. The summed E-state index contributed by atoms with van der Waals surface area (Å²) in [7, 11) is 1.42. The van der Waals surface area contributed by atoms with Gasteiger partial charge in [0.2, 0.25) is 0 Å². The molecule has 0 aliphatic heterocycles. The minimum Gasteiger partial charge on any atom is -0.469 e. The van der Waals surface area contributed by atoms with Crippen molar-refractivity contribution in [2.45, 2.75) is 32.6 Å². The fourth-order valence-corrected chi connectivity index (χ4v) is 1.77. The molecule has 1 saturated carbocycles. The van der Waals surface area contributed by atoms with E-state index in [1.54, 1.807) is 0 Å². The van der Waals surface area contributed by atoms with E-state index in [1.165, 1.54) is 7.11 Å². The predicted octanol–water partition coefficient (Wildman–Crippen LogP) is 1.88. The van der Waals surface area contributed by atoms with E-state index in [1.807, 2.05) is 6.92 Å². The summed E-state index contributed by atoms with van der Waals surface area (Å²) in [6.07, 6.45) is 3.19. The molecule has 13 heavy (non-hydrogen) atoms. The average Bonchev–Trinajstić information content (AvgIpc) is 2.18. The van der Waals surface area contributed by atoms with Gasteiger partial charge in [-0.25, -0.2) is 0 Å². The highest BCUT2D eigenvalue weighted by Gasteiger charge is 2.34. The standard InChI is InChI=1S/C10H15NO2/c1-10(7-11)5-3-8(4-6-10)9(12)13-2/h8H,3-6H2,1-2H3. The maximum absolute atomic E-state index is 11.2. The second kappa shape index (κ2) is 3.78. The highest BCUT2D eigenvalue weighted by molar-refractivity contribution is 5.72. The van der Waals surface area contributed by atoms with Crippen LogP contribution in [0.25, 0.3) is 0 Å². The van der Waals surface area contributed by atoms with Crippen LogP contribution in [0.15, 0.2) is 0 Å².